The third-order valence-electron chi connectivity index (χ3n) is 3.49. The number of anilines is 1. The second kappa shape index (κ2) is 3.99. The molecule has 1 saturated carbocycles. The van der Waals surface area contributed by atoms with Gasteiger partial charge in [-0.3, -0.25) is 0 Å². The van der Waals surface area contributed by atoms with Crippen molar-refractivity contribution in [3.8, 4) is 0 Å². The van der Waals surface area contributed by atoms with E-state index in [9.17, 15) is 0 Å². The summed E-state index contributed by atoms with van der Waals surface area (Å²) < 4.78 is 0.929. The predicted octanol–water partition coefficient (Wildman–Crippen LogP) is 3.11. The van der Waals surface area contributed by atoms with E-state index in [1.165, 1.54) is 25.7 Å². The van der Waals surface area contributed by atoms with Crippen LogP contribution in [0.1, 0.15) is 44.3 Å². The van der Waals surface area contributed by atoms with Crippen LogP contribution in [0.4, 0.5) is 5.82 Å². The second-order valence-electron chi connectivity index (χ2n) is 4.87. The summed E-state index contributed by atoms with van der Waals surface area (Å²) in [5.41, 5.74) is 0. The summed E-state index contributed by atoms with van der Waals surface area (Å²) in [4.78, 5) is 11.6. The van der Waals surface area contributed by atoms with E-state index < -0.39 is 0 Å². The molecule has 0 amide bonds. The summed E-state index contributed by atoms with van der Waals surface area (Å²) >= 11 is 3.50. The first-order valence-electron chi connectivity index (χ1n) is 6.05. The molecule has 0 radical (unpaired) electrons. The molecule has 3 nitrogen and oxygen atoms in total. The van der Waals surface area contributed by atoms with Crippen LogP contribution in [0.5, 0.6) is 0 Å². The van der Waals surface area contributed by atoms with Gasteiger partial charge in [0.25, 0.3) is 0 Å². The zero-order valence-corrected chi connectivity index (χ0v) is 11.1. The smallest absolute Gasteiger partial charge is 0.135 e. The first-order valence-corrected chi connectivity index (χ1v) is 6.84. The summed E-state index contributed by atoms with van der Waals surface area (Å²) in [5, 5.41) is 0. The number of hydrogen-bond donors (Lipinski definition) is 0. The molecule has 86 valence electrons. The Labute approximate surface area is 104 Å². The Kier molecular flexibility index (Phi) is 2.62. The Balaban J connectivity index is 1.93. The largest absolute Gasteiger partial charge is 0.354 e. The second-order valence-corrected chi connectivity index (χ2v) is 5.68. The molecule has 0 bridgehead atoms. The van der Waals surface area contributed by atoms with Crippen molar-refractivity contribution in [1.29, 1.82) is 0 Å². The minimum absolute atomic E-state index is 0.619. The lowest BCUT2D eigenvalue weighted by atomic mass is 10.2. The van der Waals surface area contributed by atoms with Crippen molar-refractivity contribution in [3.63, 3.8) is 0 Å². The molecule has 2 aliphatic rings. The van der Waals surface area contributed by atoms with Crippen LogP contribution in [0.15, 0.2) is 10.7 Å². The Morgan fingerprint density at radius 1 is 1.31 bits per heavy atom. The Hall–Kier alpha value is -0.640. The molecule has 16 heavy (non-hydrogen) atoms. The van der Waals surface area contributed by atoms with E-state index in [4.69, 9.17) is 4.98 Å². The summed E-state index contributed by atoms with van der Waals surface area (Å²) in [6, 6.07) is 2.67. The molecule has 1 atom stereocenters. The highest BCUT2D eigenvalue weighted by atomic mass is 79.9. The van der Waals surface area contributed by atoms with E-state index in [1.807, 2.05) is 6.07 Å². The van der Waals surface area contributed by atoms with Crippen LogP contribution >= 0.6 is 15.9 Å². The number of rotatable bonds is 2. The predicted molar refractivity (Wildman–Crippen MR) is 67.7 cm³/mol. The van der Waals surface area contributed by atoms with Crippen molar-refractivity contribution in [3.05, 3.63) is 16.5 Å². The van der Waals surface area contributed by atoms with E-state index in [0.29, 0.717) is 12.0 Å². The molecule has 1 aromatic rings. The zero-order valence-electron chi connectivity index (χ0n) is 9.49. The van der Waals surface area contributed by atoms with Crippen LogP contribution in [-0.4, -0.2) is 22.6 Å². The van der Waals surface area contributed by atoms with Gasteiger partial charge in [0.15, 0.2) is 0 Å². The monoisotopic (exact) mass is 281 g/mol. The molecule has 3 rings (SSSR count). The first-order chi connectivity index (χ1) is 7.74. The van der Waals surface area contributed by atoms with Gasteiger partial charge in [-0.25, -0.2) is 9.97 Å². The van der Waals surface area contributed by atoms with Gasteiger partial charge in [-0.05, 0) is 48.5 Å². The third-order valence-corrected chi connectivity index (χ3v) is 3.89. The van der Waals surface area contributed by atoms with Gasteiger partial charge >= 0.3 is 0 Å². The fourth-order valence-electron chi connectivity index (χ4n) is 2.37. The molecular weight excluding hydrogens is 266 g/mol. The lowest BCUT2D eigenvalue weighted by molar-refractivity contribution is 0.721. The maximum atomic E-state index is 4.71. The van der Waals surface area contributed by atoms with Crippen molar-refractivity contribution in [2.45, 2.75) is 44.6 Å². The van der Waals surface area contributed by atoms with E-state index in [-0.39, 0.29) is 0 Å². The van der Waals surface area contributed by atoms with Gasteiger partial charge in [-0.15, -0.1) is 0 Å². The molecule has 1 aliphatic heterocycles. The third kappa shape index (κ3) is 1.95. The van der Waals surface area contributed by atoms with Crippen LogP contribution in [0, 0.1) is 0 Å². The maximum absolute atomic E-state index is 4.71. The lowest BCUT2D eigenvalue weighted by Gasteiger charge is -2.23. The van der Waals surface area contributed by atoms with Crippen LogP contribution in [-0.2, 0) is 0 Å². The van der Waals surface area contributed by atoms with Gasteiger partial charge in [0, 0.05) is 24.6 Å². The van der Waals surface area contributed by atoms with Gasteiger partial charge in [-0.1, -0.05) is 0 Å². The quantitative estimate of drug-likeness (QED) is 0.780. The molecule has 0 N–H and O–H groups in total. The molecule has 1 unspecified atom stereocenters. The molecule has 4 heteroatoms. The number of aromatic nitrogens is 2. The number of hydrogen-bond acceptors (Lipinski definition) is 3. The lowest BCUT2D eigenvalue weighted by Crippen LogP contribution is -2.27. The molecule has 0 spiro atoms. The van der Waals surface area contributed by atoms with Crippen LogP contribution in [0.3, 0.4) is 0 Å². The highest BCUT2D eigenvalue weighted by molar-refractivity contribution is 9.10. The van der Waals surface area contributed by atoms with Crippen LogP contribution < -0.4 is 4.90 Å². The van der Waals surface area contributed by atoms with Crippen molar-refractivity contribution in [1.82, 2.24) is 9.97 Å². The highest BCUT2D eigenvalue weighted by Gasteiger charge is 2.29. The summed E-state index contributed by atoms with van der Waals surface area (Å²) in [5.74, 6) is 2.76. The molecule has 1 aliphatic carbocycles. The van der Waals surface area contributed by atoms with E-state index in [1.54, 1.807) is 0 Å². The van der Waals surface area contributed by atoms with Gasteiger partial charge in [0.2, 0.25) is 0 Å². The van der Waals surface area contributed by atoms with Crippen LogP contribution in [0.25, 0.3) is 0 Å². The summed E-state index contributed by atoms with van der Waals surface area (Å²) in [6.07, 6.45) is 5.07. The molecule has 1 saturated heterocycles. The normalized spacial score (nSPS) is 25.1. The fraction of sp³-hybridized carbons (Fsp3) is 0.667. The minimum Gasteiger partial charge on any atom is -0.354 e. The van der Waals surface area contributed by atoms with E-state index >= 15 is 0 Å². The summed E-state index contributed by atoms with van der Waals surface area (Å²) in [7, 11) is 0. The molecule has 0 aromatic carbocycles. The first kappa shape index (κ1) is 10.5. The van der Waals surface area contributed by atoms with Gasteiger partial charge in [0.1, 0.15) is 16.2 Å². The molecule has 2 fully saturated rings. The summed E-state index contributed by atoms with van der Waals surface area (Å²) in [6.45, 7) is 3.41. The Morgan fingerprint density at radius 2 is 2.12 bits per heavy atom. The van der Waals surface area contributed by atoms with E-state index in [2.05, 4.69) is 32.7 Å². The van der Waals surface area contributed by atoms with Crippen molar-refractivity contribution in [2.75, 3.05) is 11.4 Å². The fourth-order valence-corrected chi connectivity index (χ4v) is 2.75. The molecule has 2 heterocycles. The van der Waals surface area contributed by atoms with Crippen molar-refractivity contribution < 1.29 is 0 Å². The average molecular weight is 282 g/mol. The Bertz CT molecular complexity index is 403. The molecule has 1 aromatic heterocycles. The Morgan fingerprint density at radius 3 is 2.75 bits per heavy atom. The molecular formula is C12H16BrN3. The van der Waals surface area contributed by atoms with Gasteiger partial charge < -0.3 is 4.90 Å². The SMILES string of the molecule is CC1CCCN1c1cc(Br)nc(C2CC2)n1. The van der Waals surface area contributed by atoms with Crippen molar-refractivity contribution >= 4 is 21.7 Å². The number of halogens is 1. The zero-order chi connectivity index (χ0) is 11.1. The maximum Gasteiger partial charge on any atom is 0.135 e. The topological polar surface area (TPSA) is 29.0 Å². The standard InChI is InChI=1S/C12H16BrN3/c1-8-3-2-6-16(8)11-7-10(13)14-12(15-11)9-4-5-9/h7-9H,2-6H2,1H3. The number of nitrogens with zero attached hydrogens (tertiary/aromatic N) is 3. The van der Waals surface area contributed by atoms with Gasteiger partial charge in [-0.2, -0.15) is 0 Å². The van der Waals surface area contributed by atoms with Gasteiger partial charge in [0.05, 0.1) is 0 Å². The van der Waals surface area contributed by atoms with Crippen LogP contribution in [0.2, 0.25) is 0 Å². The van der Waals surface area contributed by atoms with E-state index in [0.717, 1.165) is 22.8 Å². The van der Waals surface area contributed by atoms with Crippen molar-refractivity contribution in [2.24, 2.45) is 0 Å². The highest BCUT2D eigenvalue weighted by Crippen LogP contribution is 2.39. The minimum atomic E-state index is 0.619. The average Bonchev–Trinajstić information content (AvgIpc) is 3.01.